The third-order valence-electron chi connectivity index (χ3n) is 2.94. The van der Waals surface area contributed by atoms with E-state index in [1.807, 2.05) is 31.4 Å². The van der Waals surface area contributed by atoms with Crippen molar-refractivity contribution in [3.8, 4) is 0 Å². The van der Waals surface area contributed by atoms with Gasteiger partial charge in [-0.15, -0.1) is 11.8 Å². The van der Waals surface area contributed by atoms with Crippen molar-refractivity contribution in [2.75, 3.05) is 12.8 Å². The molecule has 0 heterocycles. The lowest BCUT2D eigenvalue weighted by Crippen LogP contribution is -2.30. The molecule has 1 atom stereocenters. The smallest absolute Gasteiger partial charge is 0.303 e. The number of rotatable bonds is 7. The Morgan fingerprint density at radius 2 is 2.05 bits per heavy atom. The number of carboxylic acid groups (broad SMARTS) is 1. The van der Waals surface area contributed by atoms with Gasteiger partial charge in [-0.2, -0.15) is 0 Å². The highest BCUT2D eigenvalue weighted by molar-refractivity contribution is 7.98. The standard InChI is InChI=1S/C14H19NO3S/c1-3-10(8-13(16)17)9-15-14(18)11-6-4-5-7-12(11)19-2/h4-7,10H,3,8-9H2,1-2H3,(H,15,18)(H,16,17). The summed E-state index contributed by atoms with van der Waals surface area (Å²) in [5.74, 6) is -0.998. The van der Waals surface area contributed by atoms with Crippen molar-refractivity contribution in [2.45, 2.75) is 24.7 Å². The van der Waals surface area contributed by atoms with Gasteiger partial charge in [0.25, 0.3) is 5.91 Å². The molecule has 0 fully saturated rings. The Labute approximate surface area is 117 Å². The number of carboxylic acids is 1. The normalized spacial score (nSPS) is 11.9. The first-order valence-electron chi connectivity index (χ1n) is 6.21. The maximum absolute atomic E-state index is 12.1. The van der Waals surface area contributed by atoms with Crippen LogP contribution < -0.4 is 5.32 Å². The summed E-state index contributed by atoms with van der Waals surface area (Å²) in [4.78, 5) is 23.6. The van der Waals surface area contributed by atoms with Crippen LogP contribution in [0.3, 0.4) is 0 Å². The van der Waals surface area contributed by atoms with Gasteiger partial charge in [0.1, 0.15) is 0 Å². The fraction of sp³-hybridized carbons (Fsp3) is 0.429. The van der Waals surface area contributed by atoms with Gasteiger partial charge in [-0.25, -0.2) is 0 Å². The highest BCUT2D eigenvalue weighted by Gasteiger charge is 2.14. The molecule has 0 aliphatic heterocycles. The van der Waals surface area contributed by atoms with Crippen molar-refractivity contribution >= 4 is 23.6 Å². The zero-order valence-electron chi connectivity index (χ0n) is 11.2. The summed E-state index contributed by atoms with van der Waals surface area (Å²) >= 11 is 1.52. The largest absolute Gasteiger partial charge is 0.481 e. The number of nitrogens with one attached hydrogen (secondary N) is 1. The fourth-order valence-electron chi connectivity index (χ4n) is 1.77. The number of carbonyl (C=O) groups is 2. The van der Waals surface area contributed by atoms with E-state index < -0.39 is 5.97 Å². The zero-order chi connectivity index (χ0) is 14.3. The second-order valence-corrected chi connectivity index (χ2v) is 5.13. The first kappa shape index (κ1) is 15.6. The van der Waals surface area contributed by atoms with Crippen LogP contribution in [0.25, 0.3) is 0 Å². The van der Waals surface area contributed by atoms with Crippen LogP contribution in [-0.4, -0.2) is 29.8 Å². The average Bonchev–Trinajstić information content (AvgIpc) is 2.42. The minimum absolute atomic E-state index is 0.0251. The van der Waals surface area contributed by atoms with E-state index in [0.717, 1.165) is 11.3 Å². The van der Waals surface area contributed by atoms with E-state index in [1.54, 1.807) is 6.07 Å². The molecule has 4 nitrogen and oxygen atoms in total. The van der Waals surface area contributed by atoms with Gasteiger partial charge in [-0.05, 0) is 24.3 Å². The fourth-order valence-corrected chi connectivity index (χ4v) is 2.37. The first-order valence-corrected chi connectivity index (χ1v) is 7.44. The molecular weight excluding hydrogens is 262 g/mol. The van der Waals surface area contributed by atoms with Crippen LogP contribution in [0, 0.1) is 5.92 Å². The lowest BCUT2D eigenvalue weighted by molar-refractivity contribution is -0.138. The van der Waals surface area contributed by atoms with Crippen molar-refractivity contribution in [3.05, 3.63) is 29.8 Å². The number of aliphatic carboxylic acids is 1. The monoisotopic (exact) mass is 281 g/mol. The van der Waals surface area contributed by atoms with Crippen molar-refractivity contribution in [1.82, 2.24) is 5.32 Å². The van der Waals surface area contributed by atoms with Gasteiger partial charge in [0.2, 0.25) is 0 Å². The Morgan fingerprint density at radius 3 is 2.63 bits per heavy atom. The van der Waals surface area contributed by atoms with E-state index >= 15 is 0 Å². The third-order valence-corrected chi connectivity index (χ3v) is 3.74. The van der Waals surface area contributed by atoms with Crippen LogP contribution in [-0.2, 0) is 4.79 Å². The Kier molecular flexibility index (Phi) is 6.42. The van der Waals surface area contributed by atoms with E-state index in [2.05, 4.69) is 5.32 Å². The predicted molar refractivity (Wildman–Crippen MR) is 76.6 cm³/mol. The number of amides is 1. The van der Waals surface area contributed by atoms with E-state index in [0.29, 0.717) is 12.1 Å². The summed E-state index contributed by atoms with van der Waals surface area (Å²) in [6, 6.07) is 7.39. The van der Waals surface area contributed by atoms with E-state index in [1.165, 1.54) is 11.8 Å². The molecule has 5 heteroatoms. The minimum atomic E-state index is -0.828. The predicted octanol–water partition coefficient (Wildman–Crippen LogP) is 2.64. The Morgan fingerprint density at radius 1 is 1.37 bits per heavy atom. The molecule has 1 aromatic carbocycles. The highest BCUT2D eigenvalue weighted by Crippen LogP contribution is 2.19. The van der Waals surface area contributed by atoms with Crippen molar-refractivity contribution in [2.24, 2.45) is 5.92 Å². The second kappa shape index (κ2) is 7.84. The zero-order valence-corrected chi connectivity index (χ0v) is 12.0. The molecule has 1 aromatic rings. The maximum atomic E-state index is 12.1. The van der Waals surface area contributed by atoms with Crippen LogP contribution in [0.2, 0.25) is 0 Å². The highest BCUT2D eigenvalue weighted by atomic mass is 32.2. The average molecular weight is 281 g/mol. The van der Waals surface area contributed by atoms with E-state index in [-0.39, 0.29) is 18.2 Å². The number of hydrogen-bond donors (Lipinski definition) is 2. The van der Waals surface area contributed by atoms with Gasteiger partial charge in [0, 0.05) is 17.9 Å². The third kappa shape index (κ3) is 4.95. The molecule has 0 spiro atoms. The van der Waals surface area contributed by atoms with Crippen LogP contribution in [0.1, 0.15) is 30.1 Å². The van der Waals surface area contributed by atoms with Crippen LogP contribution in [0.15, 0.2) is 29.2 Å². The Bertz CT molecular complexity index is 448. The number of benzene rings is 1. The molecule has 19 heavy (non-hydrogen) atoms. The molecule has 0 aromatic heterocycles. The molecule has 0 aliphatic rings. The van der Waals surface area contributed by atoms with Gasteiger partial charge in [-0.3, -0.25) is 9.59 Å². The molecule has 0 saturated carbocycles. The van der Waals surface area contributed by atoms with Gasteiger partial charge in [-0.1, -0.05) is 25.5 Å². The first-order chi connectivity index (χ1) is 9.08. The lowest BCUT2D eigenvalue weighted by atomic mass is 10.0. The summed E-state index contributed by atoms with van der Waals surface area (Å²) < 4.78 is 0. The summed E-state index contributed by atoms with van der Waals surface area (Å²) in [6.45, 7) is 2.32. The van der Waals surface area contributed by atoms with Crippen LogP contribution >= 0.6 is 11.8 Å². The molecule has 104 valence electrons. The molecular formula is C14H19NO3S. The van der Waals surface area contributed by atoms with E-state index in [4.69, 9.17) is 5.11 Å². The van der Waals surface area contributed by atoms with Crippen LogP contribution in [0.5, 0.6) is 0 Å². The molecule has 0 saturated heterocycles. The maximum Gasteiger partial charge on any atom is 0.303 e. The second-order valence-electron chi connectivity index (χ2n) is 4.28. The number of carbonyl (C=O) groups excluding carboxylic acids is 1. The summed E-state index contributed by atoms with van der Waals surface area (Å²) in [5.41, 5.74) is 0.639. The molecule has 1 amide bonds. The van der Waals surface area contributed by atoms with Crippen molar-refractivity contribution in [3.63, 3.8) is 0 Å². The minimum Gasteiger partial charge on any atom is -0.481 e. The van der Waals surface area contributed by atoms with Gasteiger partial charge in [0.05, 0.1) is 5.56 Å². The molecule has 1 rings (SSSR count). The topological polar surface area (TPSA) is 66.4 Å². The SMILES string of the molecule is CCC(CNC(=O)c1ccccc1SC)CC(=O)O. The molecule has 0 aliphatic carbocycles. The Hall–Kier alpha value is -1.49. The van der Waals surface area contributed by atoms with Gasteiger partial charge < -0.3 is 10.4 Å². The quantitative estimate of drug-likeness (QED) is 0.754. The van der Waals surface area contributed by atoms with Crippen LogP contribution in [0.4, 0.5) is 0 Å². The number of thioether (sulfide) groups is 1. The molecule has 0 radical (unpaired) electrons. The Balaban J connectivity index is 2.61. The van der Waals surface area contributed by atoms with Gasteiger partial charge in [0.15, 0.2) is 0 Å². The molecule has 1 unspecified atom stereocenters. The summed E-state index contributed by atoms with van der Waals surface area (Å²) in [6.07, 6.45) is 2.74. The van der Waals surface area contributed by atoms with Crippen molar-refractivity contribution in [1.29, 1.82) is 0 Å². The summed E-state index contributed by atoms with van der Waals surface area (Å²) in [5, 5.41) is 11.6. The molecule has 2 N–H and O–H groups in total. The summed E-state index contributed by atoms with van der Waals surface area (Å²) in [7, 11) is 0. The van der Waals surface area contributed by atoms with E-state index in [9.17, 15) is 9.59 Å². The molecule has 0 bridgehead atoms. The lowest BCUT2D eigenvalue weighted by Gasteiger charge is -2.14. The van der Waals surface area contributed by atoms with Gasteiger partial charge >= 0.3 is 5.97 Å². The van der Waals surface area contributed by atoms with Crippen molar-refractivity contribution < 1.29 is 14.7 Å². The number of hydrogen-bond acceptors (Lipinski definition) is 3.